The van der Waals surface area contributed by atoms with Crippen molar-refractivity contribution in [3.63, 3.8) is 0 Å². The molecule has 0 saturated carbocycles. The Morgan fingerprint density at radius 1 is 1.19 bits per heavy atom. The van der Waals surface area contributed by atoms with Gasteiger partial charge in [-0.15, -0.1) is 0 Å². The van der Waals surface area contributed by atoms with Gasteiger partial charge in [-0.2, -0.15) is 4.31 Å². The molecule has 0 heterocycles. The first kappa shape index (κ1) is 21.4. The molecular formula is C19H23ClN2O4S. The Bertz CT molecular complexity index is 916. The van der Waals surface area contributed by atoms with Crippen LogP contribution in [0, 0.1) is 13.8 Å². The third-order valence-corrected chi connectivity index (χ3v) is 6.25. The molecule has 1 amide bonds. The number of aryl methyl sites for hydroxylation is 1. The average molecular weight is 411 g/mol. The van der Waals surface area contributed by atoms with Crippen LogP contribution in [0.15, 0.2) is 47.4 Å². The topological polar surface area (TPSA) is 75.7 Å². The number of nitrogens with one attached hydrogen (secondary N) is 1. The van der Waals surface area contributed by atoms with E-state index in [-0.39, 0.29) is 24.6 Å². The summed E-state index contributed by atoms with van der Waals surface area (Å²) in [5, 5.41) is 3.09. The first-order chi connectivity index (χ1) is 12.8. The van der Waals surface area contributed by atoms with Gasteiger partial charge < -0.3 is 10.1 Å². The molecule has 0 unspecified atom stereocenters. The van der Waals surface area contributed by atoms with Crippen molar-refractivity contribution in [3.05, 3.63) is 58.6 Å². The summed E-state index contributed by atoms with van der Waals surface area (Å²) in [4.78, 5) is 12.5. The Labute approximate surface area is 165 Å². The van der Waals surface area contributed by atoms with E-state index in [1.165, 1.54) is 19.2 Å². The van der Waals surface area contributed by atoms with E-state index in [9.17, 15) is 13.2 Å². The fourth-order valence-corrected chi connectivity index (χ4v) is 4.17. The number of benzene rings is 2. The van der Waals surface area contributed by atoms with Gasteiger partial charge in [-0.25, -0.2) is 8.42 Å². The maximum absolute atomic E-state index is 12.9. The molecule has 2 aromatic rings. The van der Waals surface area contributed by atoms with Gasteiger partial charge in [0.2, 0.25) is 15.9 Å². The Morgan fingerprint density at radius 2 is 1.89 bits per heavy atom. The van der Waals surface area contributed by atoms with Crippen molar-refractivity contribution in [2.75, 3.05) is 32.1 Å². The van der Waals surface area contributed by atoms with E-state index in [1.54, 1.807) is 18.2 Å². The molecule has 0 spiro atoms. The van der Waals surface area contributed by atoms with Gasteiger partial charge in [0.1, 0.15) is 0 Å². The highest BCUT2D eigenvalue weighted by atomic mass is 35.5. The quantitative estimate of drug-likeness (QED) is 0.724. The maximum Gasteiger partial charge on any atom is 0.243 e. The number of methoxy groups -OCH3 is 1. The van der Waals surface area contributed by atoms with Crippen LogP contribution < -0.4 is 5.32 Å². The molecule has 2 aromatic carbocycles. The average Bonchev–Trinajstić information content (AvgIpc) is 2.62. The maximum atomic E-state index is 12.9. The summed E-state index contributed by atoms with van der Waals surface area (Å²) in [5.74, 6) is -0.426. The van der Waals surface area contributed by atoms with Crippen LogP contribution >= 0.6 is 11.6 Å². The van der Waals surface area contributed by atoms with E-state index in [0.717, 1.165) is 15.4 Å². The summed E-state index contributed by atoms with van der Waals surface area (Å²) in [6.07, 6.45) is 0. The Kier molecular flexibility index (Phi) is 7.38. The van der Waals surface area contributed by atoms with E-state index in [4.69, 9.17) is 16.3 Å². The number of hydrogen-bond acceptors (Lipinski definition) is 4. The Morgan fingerprint density at radius 3 is 2.56 bits per heavy atom. The minimum absolute atomic E-state index is 0.0330. The summed E-state index contributed by atoms with van der Waals surface area (Å²) in [5.41, 5.74) is 2.63. The molecular weight excluding hydrogens is 388 g/mol. The number of hydrogen-bond donors (Lipinski definition) is 1. The monoisotopic (exact) mass is 410 g/mol. The van der Waals surface area contributed by atoms with Crippen LogP contribution in [0.25, 0.3) is 0 Å². The van der Waals surface area contributed by atoms with Crippen molar-refractivity contribution < 1.29 is 17.9 Å². The molecule has 146 valence electrons. The fourth-order valence-electron chi connectivity index (χ4n) is 2.49. The SMILES string of the molecule is COCCN(CC(=O)Nc1cccc(C)c1C)S(=O)(=O)c1cccc(Cl)c1. The summed E-state index contributed by atoms with van der Waals surface area (Å²) < 4.78 is 31.9. The first-order valence-corrected chi connectivity index (χ1v) is 10.2. The number of carbonyl (C=O) groups excluding carboxylic acids is 1. The van der Waals surface area contributed by atoms with E-state index in [2.05, 4.69) is 5.32 Å². The third-order valence-electron chi connectivity index (χ3n) is 4.18. The van der Waals surface area contributed by atoms with Crippen molar-refractivity contribution in [1.82, 2.24) is 4.31 Å². The van der Waals surface area contributed by atoms with Crippen LogP contribution in [0.5, 0.6) is 0 Å². The lowest BCUT2D eigenvalue weighted by atomic mass is 10.1. The van der Waals surface area contributed by atoms with Crippen molar-refractivity contribution >= 4 is 33.2 Å². The highest BCUT2D eigenvalue weighted by Crippen LogP contribution is 2.21. The molecule has 0 aliphatic rings. The van der Waals surface area contributed by atoms with Gasteiger partial charge >= 0.3 is 0 Å². The van der Waals surface area contributed by atoms with Gasteiger partial charge in [-0.05, 0) is 49.2 Å². The highest BCUT2D eigenvalue weighted by molar-refractivity contribution is 7.89. The van der Waals surface area contributed by atoms with E-state index >= 15 is 0 Å². The molecule has 0 saturated heterocycles. The molecule has 0 aromatic heterocycles. The Hall–Kier alpha value is -1.93. The predicted octanol–water partition coefficient (Wildman–Crippen LogP) is 3.23. The van der Waals surface area contributed by atoms with Gasteiger partial charge in [0.05, 0.1) is 18.0 Å². The van der Waals surface area contributed by atoms with E-state index in [0.29, 0.717) is 10.7 Å². The number of anilines is 1. The number of sulfonamides is 1. The summed E-state index contributed by atoms with van der Waals surface area (Å²) in [6.45, 7) is 3.73. The van der Waals surface area contributed by atoms with E-state index in [1.807, 2.05) is 26.0 Å². The molecule has 8 heteroatoms. The van der Waals surface area contributed by atoms with Gasteiger partial charge in [-0.3, -0.25) is 4.79 Å². The number of nitrogens with zero attached hydrogens (tertiary/aromatic N) is 1. The Balaban J connectivity index is 2.23. The molecule has 6 nitrogen and oxygen atoms in total. The second kappa shape index (κ2) is 9.32. The smallest absolute Gasteiger partial charge is 0.243 e. The van der Waals surface area contributed by atoms with Gasteiger partial charge in [0, 0.05) is 24.4 Å². The minimum atomic E-state index is -3.89. The second-order valence-corrected chi connectivity index (χ2v) is 8.46. The zero-order chi connectivity index (χ0) is 20.0. The predicted molar refractivity (Wildman–Crippen MR) is 107 cm³/mol. The van der Waals surface area contributed by atoms with Crippen LogP contribution in [0.3, 0.4) is 0 Å². The molecule has 0 aliphatic heterocycles. The van der Waals surface area contributed by atoms with Crippen LogP contribution in [-0.4, -0.2) is 45.4 Å². The van der Waals surface area contributed by atoms with Crippen molar-refractivity contribution in [3.8, 4) is 0 Å². The lowest BCUT2D eigenvalue weighted by Gasteiger charge is -2.22. The standard InChI is InChI=1S/C19H23ClN2O4S/c1-14-6-4-9-18(15(14)2)21-19(23)13-22(10-11-26-3)27(24,25)17-8-5-7-16(20)12-17/h4-9,12H,10-11,13H2,1-3H3,(H,21,23). The third kappa shape index (κ3) is 5.52. The number of ether oxygens (including phenoxy) is 1. The van der Waals surface area contributed by atoms with Crippen LogP contribution in [-0.2, 0) is 19.6 Å². The zero-order valence-corrected chi connectivity index (χ0v) is 17.1. The number of rotatable bonds is 8. The van der Waals surface area contributed by atoms with Gasteiger partial charge in [0.15, 0.2) is 0 Å². The van der Waals surface area contributed by atoms with Crippen molar-refractivity contribution in [2.45, 2.75) is 18.7 Å². The van der Waals surface area contributed by atoms with Crippen LogP contribution in [0.1, 0.15) is 11.1 Å². The first-order valence-electron chi connectivity index (χ1n) is 8.36. The molecule has 2 rings (SSSR count). The van der Waals surface area contributed by atoms with Crippen molar-refractivity contribution in [2.24, 2.45) is 0 Å². The highest BCUT2D eigenvalue weighted by Gasteiger charge is 2.26. The van der Waals surface area contributed by atoms with Crippen LogP contribution in [0.4, 0.5) is 5.69 Å². The molecule has 0 radical (unpaired) electrons. The normalized spacial score (nSPS) is 11.6. The lowest BCUT2D eigenvalue weighted by molar-refractivity contribution is -0.116. The van der Waals surface area contributed by atoms with Crippen LogP contribution in [0.2, 0.25) is 5.02 Å². The summed E-state index contributed by atoms with van der Waals surface area (Å²) in [7, 11) is -2.42. The zero-order valence-electron chi connectivity index (χ0n) is 15.5. The molecule has 27 heavy (non-hydrogen) atoms. The molecule has 1 N–H and O–H groups in total. The lowest BCUT2D eigenvalue weighted by Crippen LogP contribution is -2.40. The molecule has 0 aliphatic carbocycles. The number of amides is 1. The van der Waals surface area contributed by atoms with E-state index < -0.39 is 15.9 Å². The minimum Gasteiger partial charge on any atom is -0.383 e. The number of carbonyl (C=O) groups is 1. The number of halogens is 1. The van der Waals surface area contributed by atoms with Crippen molar-refractivity contribution in [1.29, 1.82) is 0 Å². The molecule has 0 atom stereocenters. The molecule has 0 bridgehead atoms. The second-order valence-electron chi connectivity index (χ2n) is 6.08. The van der Waals surface area contributed by atoms with Gasteiger partial charge in [0.25, 0.3) is 0 Å². The summed E-state index contributed by atoms with van der Waals surface area (Å²) >= 11 is 5.92. The largest absolute Gasteiger partial charge is 0.383 e. The fraction of sp³-hybridized carbons (Fsp3) is 0.316. The van der Waals surface area contributed by atoms with Gasteiger partial charge in [-0.1, -0.05) is 29.8 Å². The molecule has 0 fully saturated rings. The summed E-state index contributed by atoms with van der Waals surface area (Å²) in [6, 6.07) is 11.5.